The number of likely N-dealkylation sites (N-methyl/N-ethyl adjacent to an activating group) is 1. The highest BCUT2D eigenvalue weighted by Crippen LogP contribution is 2.42. The van der Waals surface area contributed by atoms with Crippen molar-refractivity contribution in [1.82, 2.24) is 0 Å². The Labute approximate surface area is 152 Å². The normalized spacial score (nSPS) is 14.3. The van der Waals surface area contributed by atoms with Crippen molar-refractivity contribution in [2.24, 2.45) is 0 Å². The summed E-state index contributed by atoms with van der Waals surface area (Å²) in [5.74, 6) is -0.295. The fourth-order valence-electron chi connectivity index (χ4n) is 2.07. The molecule has 0 aromatic heterocycles. The molecule has 0 heterocycles. The van der Waals surface area contributed by atoms with Crippen LogP contribution in [-0.2, 0) is 23.1 Å². The summed E-state index contributed by atoms with van der Waals surface area (Å²) in [6.07, 6.45) is 8.36. The molecule has 0 saturated carbocycles. The third kappa shape index (κ3) is 18.1. The summed E-state index contributed by atoms with van der Waals surface area (Å²) in [6.45, 7) is 2.70. The van der Waals surface area contributed by atoms with Gasteiger partial charge in [0.15, 0.2) is 0 Å². The fraction of sp³-hybridized carbons (Fsp3) is 0.941. The molecule has 0 aliphatic carbocycles. The number of carbonyl (C=O) groups is 1. The Bertz CT molecular complexity index is 397. The lowest BCUT2D eigenvalue weighted by atomic mass is 10.1. The molecule has 0 saturated heterocycles. The first-order valence-electron chi connectivity index (χ1n) is 9.24. The van der Waals surface area contributed by atoms with E-state index in [0.717, 1.165) is 19.3 Å². The third-order valence-electron chi connectivity index (χ3n) is 3.60. The van der Waals surface area contributed by atoms with Gasteiger partial charge in [0.05, 0.1) is 27.7 Å². The van der Waals surface area contributed by atoms with Gasteiger partial charge < -0.3 is 14.1 Å². The molecular formula is C17H37NO6P+. The molecule has 0 aromatic carbocycles. The van der Waals surface area contributed by atoms with Crippen molar-refractivity contribution in [2.75, 3.05) is 47.5 Å². The van der Waals surface area contributed by atoms with Crippen molar-refractivity contribution in [2.45, 2.75) is 58.3 Å². The Morgan fingerprint density at radius 2 is 1.48 bits per heavy atom. The van der Waals surface area contributed by atoms with Crippen molar-refractivity contribution in [3.05, 3.63) is 0 Å². The molecule has 0 fully saturated rings. The highest BCUT2D eigenvalue weighted by Gasteiger charge is 2.22. The number of unbranched alkanes of at least 4 members (excludes halogenated alkanes) is 6. The van der Waals surface area contributed by atoms with Crippen LogP contribution in [-0.4, -0.2) is 62.9 Å². The number of hydrogen-bond donors (Lipinski definition) is 1. The molecule has 1 unspecified atom stereocenters. The largest absolute Gasteiger partial charge is 0.472 e. The third-order valence-corrected chi connectivity index (χ3v) is 4.62. The lowest BCUT2D eigenvalue weighted by molar-refractivity contribution is -0.870. The molecule has 7 nitrogen and oxygen atoms in total. The molecule has 1 N–H and O–H groups in total. The highest BCUT2D eigenvalue weighted by molar-refractivity contribution is 7.47. The predicted molar refractivity (Wildman–Crippen MR) is 98.2 cm³/mol. The van der Waals surface area contributed by atoms with Crippen LogP contribution in [0.5, 0.6) is 0 Å². The van der Waals surface area contributed by atoms with Crippen LogP contribution in [0.2, 0.25) is 0 Å². The minimum atomic E-state index is -4.08. The van der Waals surface area contributed by atoms with Crippen LogP contribution in [0.4, 0.5) is 0 Å². The Balaban J connectivity index is 3.59. The van der Waals surface area contributed by atoms with Gasteiger partial charge in [-0.15, -0.1) is 0 Å². The van der Waals surface area contributed by atoms with E-state index in [1.54, 1.807) is 0 Å². The minimum Gasteiger partial charge on any atom is -0.463 e. The average Bonchev–Trinajstić information content (AvgIpc) is 2.49. The summed E-state index contributed by atoms with van der Waals surface area (Å²) in [5, 5.41) is 0. The van der Waals surface area contributed by atoms with E-state index in [0.29, 0.717) is 17.4 Å². The summed E-state index contributed by atoms with van der Waals surface area (Å²) in [6, 6.07) is 0. The summed E-state index contributed by atoms with van der Waals surface area (Å²) in [5.41, 5.74) is 0. The zero-order valence-corrected chi connectivity index (χ0v) is 17.3. The second-order valence-corrected chi connectivity index (χ2v) is 8.69. The molecule has 0 radical (unpaired) electrons. The van der Waals surface area contributed by atoms with Gasteiger partial charge in [0.25, 0.3) is 0 Å². The first-order chi connectivity index (χ1) is 11.7. The maximum absolute atomic E-state index is 11.6. The molecule has 0 aliphatic heterocycles. The second kappa shape index (κ2) is 13.7. The number of carbonyl (C=O) groups excluding carboxylic acids is 1. The maximum atomic E-state index is 11.6. The molecule has 1 atom stereocenters. The van der Waals surface area contributed by atoms with Crippen LogP contribution >= 0.6 is 7.82 Å². The summed E-state index contributed by atoms with van der Waals surface area (Å²) >= 11 is 0. The number of quaternary nitrogens is 1. The van der Waals surface area contributed by atoms with Crippen molar-refractivity contribution in [3.8, 4) is 0 Å². The zero-order chi connectivity index (χ0) is 19.2. The van der Waals surface area contributed by atoms with E-state index in [4.69, 9.17) is 13.8 Å². The molecule has 25 heavy (non-hydrogen) atoms. The van der Waals surface area contributed by atoms with E-state index in [1.165, 1.54) is 25.7 Å². The Morgan fingerprint density at radius 1 is 0.920 bits per heavy atom. The molecule has 0 rings (SSSR count). The van der Waals surface area contributed by atoms with Gasteiger partial charge in [-0.25, -0.2) is 4.57 Å². The van der Waals surface area contributed by atoms with E-state index in [9.17, 15) is 14.3 Å². The van der Waals surface area contributed by atoms with Crippen LogP contribution < -0.4 is 0 Å². The van der Waals surface area contributed by atoms with Gasteiger partial charge in [-0.05, 0) is 6.42 Å². The summed E-state index contributed by atoms with van der Waals surface area (Å²) in [4.78, 5) is 21.0. The van der Waals surface area contributed by atoms with Gasteiger partial charge in [0.2, 0.25) is 0 Å². The molecule has 150 valence electrons. The van der Waals surface area contributed by atoms with Crippen LogP contribution in [0, 0.1) is 0 Å². The molecule has 0 spiro atoms. The highest BCUT2D eigenvalue weighted by atomic mass is 31.2. The van der Waals surface area contributed by atoms with Crippen LogP contribution in [0.15, 0.2) is 0 Å². The van der Waals surface area contributed by atoms with Crippen molar-refractivity contribution >= 4 is 13.8 Å². The van der Waals surface area contributed by atoms with E-state index in [-0.39, 0.29) is 25.8 Å². The number of ether oxygens (including phenoxy) is 1. The molecular weight excluding hydrogens is 345 g/mol. The van der Waals surface area contributed by atoms with Gasteiger partial charge in [-0.2, -0.15) is 0 Å². The van der Waals surface area contributed by atoms with Gasteiger partial charge in [-0.3, -0.25) is 13.8 Å². The number of rotatable bonds is 16. The first-order valence-corrected chi connectivity index (χ1v) is 10.7. The molecule has 0 amide bonds. The lowest BCUT2D eigenvalue weighted by Crippen LogP contribution is -2.37. The van der Waals surface area contributed by atoms with Crippen molar-refractivity contribution < 1.29 is 32.5 Å². The topological polar surface area (TPSA) is 82.1 Å². The van der Waals surface area contributed by atoms with Crippen LogP contribution in [0.3, 0.4) is 0 Å². The van der Waals surface area contributed by atoms with Crippen LogP contribution in [0.25, 0.3) is 0 Å². The quantitative estimate of drug-likeness (QED) is 0.190. The maximum Gasteiger partial charge on any atom is 0.472 e. The monoisotopic (exact) mass is 382 g/mol. The Morgan fingerprint density at radius 3 is 2.08 bits per heavy atom. The number of nitrogens with zero attached hydrogens (tertiary/aromatic N) is 1. The van der Waals surface area contributed by atoms with Gasteiger partial charge in [0.1, 0.15) is 19.8 Å². The molecule has 8 heteroatoms. The lowest BCUT2D eigenvalue weighted by Gasteiger charge is -2.23. The standard InChI is InChI=1S/C17H36NO6P/c1-5-6-7-8-9-10-11-12-17(19)22-15-16-24-25(20,21)23-14-13-18(2,3)4/h5-16H2,1-4H3/p+1. The number of esters is 1. The SMILES string of the molecule is CCCCCCCCCC(=O)OCCOP(=O)(O)OCC[N+](C)(C)C. The second-order valence-electron chi connectivity index (χ2n) is 7.24. The number of phosphoric ester groups is 1. The summed E-state index contributed by atoms with van der Waals surface area (Å²) in [7, 11) is 1.79. The van der Waals surface area contributed by atoms with Crippen molar-refractivity contribution in [3.63, 3.8) is 0 Å². The molecule has 0 aliphatic rings. The van der Waals surface area contributed by atoms with Gasteiger partial charge in [-0.1, -0.05) is 45.4 Å². The molecule has 0 aromatic rings. The van der Waals surface area contributed by atoms with E-state index in [2.05, 4.69) is 6.92 Å². The number of hydrogen-bond acceptors (Lipinski definition) is 5. The molecule has 0 bridgehead atoms. The van der Waals surface area contributed by atoms with Crippen molar-refractivity contribution in [1.29, 1.82) is 0 Å². The van der Waals surface area contributed by atoms with Crippen LogP contribution in [0.1, 0.15) is 58.3 Å². The van der Waals surface area contributed by atoms with Gasteiger partial charge in [0, 0.05) is 6.42 Å². The van der Waals surface area contributed by atoms with E-state index < -0.39 is 7.82 Å². The van der Waals surface area contributed by atoms with E-state index >= 15 is 0 Å². The zero-order valence-electron chi connectivity index (χ0n) is 16.4. The smallest absolute Gasteiger partial charge is 0.463 e. The minimum absolute atomic E-state index is 0.0431. The Kier molecular flexibility index (Phi) is 13.5. The van der Waals surface area contributed by atoms with E-state index in [1.807, 2.05) is 21.1 Å². The Hall–Kier alpha value is -0.460. The first kappa shape index (κ1) is 24.5. The van der Waals surface area contributed by atoms with Gasteiger partial charge >= 0.3 is 13.8 Å². The summed E-state index contributed by atoms with van der Waals surface area (Å²) < 4.78 is 26.9. The fourth-order valence-corrected chi connectivity index (χ4v) is 2.77. The predicted octanol–water partition coefficient (Wildman–Crippen LogP) is 3.51. The number of phosphoric acid groups is 1. The average molecular weight is 382 g/mol.